The Morgan fingerprint density at radius 2 is 1.18 bits per heavy atom. The largest absolute Gasteiger partial charge is 0.472 e. The Morgan fingerprint density at radius 1 is 0.711 bits per heavy atom. The van der Waals surface area contributed by atoms with Gasteiger partial charge in [-0.05, 0) is 32.1 Å². The SMILES string of the molecule is CCCCCCCC/C=C\CCCCCCCCCCCCO[C@H](CO)COP(=O)(O)OCC[N+](C)(C)C. The Bertz CT molecular complexity index is 582. The highest BCUT2D eigenvalue weighted by atomic mass is 31.2. The second-order valence-corrected chi connectivity index (χ2v) is 13.1. The molecule has 0 aliphatic heterocycles. The number of nitrogens with zero attached hydrogens (tertiary/aromatic N) is 1. The molecule has 2 N–H and O–H groups in total. The molecule has 1 unspecified atom stereocenters. The monoisotopic (exact) mass is 564 g/mol. The van der Waals surface area contributed by atoms with Gasteiger partial charge in [0.15, 0.2) is 0 Å². The summed E-state index contributed by atoms with van der Waals surface area (Å²) in [7, 11) is 1.79. The maximum atomic E-state index is 11.9. The summed E-state index contributed by atoms with van der Waals surface area (Å²) < 4.78 is 28.2. The van der Waals surface area contributed by atoms with E-state index >= 15 is 0 Å². The molecular weight excluding hydrogens is 501 g/mol. The number of aliphatic hydroxyl groups is 1. The van der Waals surface area contributed by atoms with Crippen molar-refractivity contribution in [3.63, 3.8) is 0 Å². The number of allylic oxidation sites excluding steroid dienone is 2. The molecule has 0 aromatic rings. The van der Waals surface area contributed by atoms with E-state index in [1.807, 2.05) is 21.1 Å². The summed E-state index contributed by atoms with van der Waals surface area (Å²) in [5, 5.41) is 9.45. The van der Waals surface area contributed by atoms with Crippen LogP contribution in [0.25, 0.3) is 0 Å². The van der Waals surface area contributed by atoms with Gasteiger partial charge in [0.05, 0.1) is 34.4 Å². The van der Waals surface area contributed by atoms with Crippen LogP contribution in [0.5, 0.6) is 0 Å². The minimum Gasteiger partial charge on any atom is -0.394 e. The normalized spacial score (nSPS) is 14.8. The maximum absolute atomic E-state index is 11.9. The molecule has 0 heterocycles. The number of phosphoric acid groups is 1. The van der Waals surface area contributed by atoms with Gasteiger partial charge in [-0.25, -0.2) is 4.57 Å². The molecule has 0 rings (SSSR count). The van der Waals surface area contributed by atoms with Gasteiger partial charge in [0.1, 0.15) is 19.3 Å². The lowest BCUT2D eigenvalue weighted by atomic mass is 10.1. The molecule has 38 heavy (non-hydrogen) atoms. The molecule has 0 saturated carbocycles. The second kappa shape index (κ2) is 25.7. The van der Waals surface area contributed by atoms with Gasteiger partial charge in [-0.15, -0.1) is 0 Å². The number of hydrogen-bond acceptors (Lipinski definition) is 5. The van der Waals surface area contributed by atoms with Crippen LogP contribution in [0.4, 0.5) is 0 Å². The third-order valence-corrected chi connectivity index (χ3v) is 7.64. The summed E-state index contributed by atoms with van der Waals surface area (Å²) in [6.07, 6.45) is 27.4. The predicted molar refractivity (Wildman–Crippen MR) is 159 cm³/mol. The quantitative estimate of drug-likeness (QED) is 0.0417. The molecule has 228 valence electrons. The summed E-state index contributed by atoms with van der Waals surface area (Å²) in [5.74, 6) is 0. The van der Waals surface area contributed by atoms with Crippen LogP contribution in [-0.4, -0.2) is 74.7 Å². The summed E-state index contributed by atoms with van der Waals surface area (Å²) in [6.45, 7) is 3.08. The Hall–Kier alpha value is -0.270. The number of hydrogen-bond donors (Lipinski definition) is 2. The lowest BCUT2D eigenvalue weighted by Crippen LogP contribution is -2.37. The fraction of sp³-hybridized carbons (Fsp3) is 0.933. The van der Waals surface area contributed by atoms with Gasteiger partial charge in [-0.2, -0.15) is 0 Å². The topological polar surface area (TPSA) is 85.2 Å². The third kappa shape index (κ3) is 28.7. The summed E-state index contributed by atoms with van der Waals surface area (Å²) in [5.41, 5.74) is 0. The van der Waals surface area contributed by atoms with Crippen molar-refractivity contribution in [2.24, 2.45) is 0 Å². The Morgan fingerprint density at radius 3 is 1.66 bits per heavy atom. The van der Waals surface area contributed by atoms with Crippen LogP contribution < -0.4 is 0 Å². The van der Waals surface area contributed by atoms with Crippen molar-refractivity contribution >= 4 is 7.82 Å². The average Bonchev–Trinajstić information content (AvgIpc) is 2.85. The lowest BCUT2D eigenvalue weighted by Gasteiger charge is -2.24. The number of rotatable bonds is 29. The summed E-state index contributed by atoms with van der Waals surface area (Å²) >= 11 is 0. The molecule has 0 bridgehead atoms. The Balaban J connectivity index is 3.48. The molecule has 0 amide bonds. The number of ether oxygens (including phenoxy) is 1. The maximum Gasteiger partial charge on any atom is 0.472 e. The van der Waals surface area contributed by atoms with E-state index in [9.17, 15) is 14.6 Å². The highest BCUT2D eigenvalue weighted by molar-refractivity contribution is 7.47. The van der Waals surface area contributed by atoms with Gasteiger partial charge in [-0.3, -0.25) is 9.05 Å². The van der Waals surface area contributed by atoms with E-state index in [1.54, 1.807) is 0 Å². The van der Waals surface area contributed by atoms with Gasteiger partial charge >= 0.3 is 7.82 Å². The average molecular weight is 565 g/mol. The molecule has 2 atom stereocenters. The highest BCUT2D eigenvalue weighted by Crippen LogP contribution is 2.43. The predicted octanol–water partition coefficient (Wildman–Crippen LogP) is 7.80. The van der Waals surface area contributed by atoms with Crippen LogP contribution in [-0.2, 0) is 18.3 Å². The van der Waals surface area contributed by atoms with Crippen molar-refractivity contribution in [2.45, 2.75) is 129 Å². The molecule has 0 aliphatic carbocycles. The van der Waals surface area contributed by atoms with Gasteiger partial charge in [-0.1, -0.05) is 103 Å². The smallest absolute Gasteiger partial charge is 0.394 e. The van der Waals surface area contributed by atoms with E-state index in [2.05, 4.69) is 19.1 Å². The Kier molecular flexibility index (Phi) is 25.5. The van der Waals surface area contributed by atoms with Crippen LogP contribution in [0, 0.1) is 0 Å². The first-order valence-corrected chi connectivity index (χ1v) is 17.0. The van der Waals surface area contributed by atoms with Crippen LogP contribution in [0.1, 0.15) is 122 Å². The zero-order chi connectivity index (χ0) is 28.4. The molecule has 0 aromatic carbocycles. The highest BCUT2D eigenvalue weighted by Gasteiger charge is 2.24. The van der Waals surface area contributed by atoms with E-state index < -0.39 is 13.9 Å². The fourth-order valence-electron chi connectivity index (χ4n) is 4.10. The van der Waals surface area contributed by atoms with Crippen LogP contribution in [0.15, 0.2) is 12.2 Å². The van der Waals surface area contributed by atoms with Gasteiger partial charge < -0.3 is 19.2 Å². The summed E-state index contributed by atoms with van der Waals surface area (Å²) in [4.78, 5) is 9.77. The molecule has 0 aliphatic rings. The number of aliphatic hydroxyl groups excluding tert-OH is 1. The summed E-state index contributed by atoms with van der Waals surface area (Å²) in [6, 6.07) is 0. The number of unbranched alkanes of at least 4 members (excludes halogenated alkanes) is 16. The van der Waals surface area contributed by atoms with Crippen molar-refractivity contribution in [1.29, 1.82) is 0 Å². The minimum absolute atomic E-state index is 0.124. The van der Waals surface area contributed by atoms with Crippen LogP contribution in [0.2, 0.25) is 0 Å². The van der Waals surface area contributed by atoms with Crippen molar-refractivity contribution < 1.29 is 32.8 Å². The zero-order valence-electron chi connectivity index (χ0n) is 25.4. The minimum atomic E-state index is -4.13. The molecule has 8 heteroatoms. The van der Waals surface area contributed by atoms with E-state index in [0.717, 1.165) is 12.8 Å². The van der Waals surface area contributed by atoms with E-state index in [1.165, 1.54) is 103 Å². The van der Waals surface area contributed by atoms with Crippen molar-refractivity contribution in [3.05, 3.63) is 12.2 Å². The van der Waals surface area contributed by atoms with Crippen molar-refractivity contribution in [3.8, 4) is 0 Å². The molecular formula is C30H63NO6P+. The van der Waals surface area contributed by atoms with Crippen molar-refractivity contribution in [1.82, 2.24) is 0 Å². The first-order valence-electron chi connectivity index (χ1n) is 15.5. The van der Waals surface area contributed by atoms with Crippen LogP contribution in [0.3, 0.4) is 0 Å². The fourth-order valence-corrected chi connectivity index (χ4v) is 4.85. The molecule has 0 fully saturated rings. The van der Waals surface area contributed by atoms with Crippen LogP contribution >= 0.6 is 7.82 Å². The Labute approximate surface area is 235 Å². The van der Waals surface area contributed by atoms with E-state index in [0.29, 0.717) is 17.6 Å². The first-order chi connectivity index (χ1) is 18.2. The number of quaternary nitrogens is 1. The van der Waals surface area contributed by atoms with Gasteiger partial charge in [0.25, 0.3) is 0 Å². The standard InChI is InChI=1S/C30H62NO6P/c1-5-6-7-8-9-10-11-12-13-14-15-16-17-18-19-20-21-22-23-24-26-35-30(28-32)29-37-38(33,34)36-27-25-31(2,3)4/h12-13,30,32H,5-11,14-29H2,1-4H3/p+1/b13-12-/t30-/m1/s1. The van der Waals surface area contributed by atoms with E-state index in [-0.39, 0.29) is 19.8 Å². The molecule has 0 saturated heterocycles. The van der Waals surface area contributed by atoms with Gasteiger partial charge in [0.2, 0.25) is 0 Å². The third-order valence-electron chi connectivity index (χ3n) is 6.65. The zero-order valence-corrected chi connectivity index (χ0v) is 26.3. The molecule has 0 spiro atoms. The number of likely N-dealkylation sites (N-methyl/N-ethyl adjacent to an activating group) is 1. The number of phosphoric ester groups is 1. The van der Waals surface area contributed by atoms with Crippen molar-refractivity contribution in [2.75, 3.05) is 54.1 Å². The molecule has 0 aromatic heterocycles. The first kappa shape index (κ1) is 37.7. The molecule has 7 nitrogen and oxygen atoms in total. The lowest BCUT2D eigenvalue weighted by molar-refractivity contribution is -0.870. The second-order valence-electron chi connectivity index (χ2n) is 11.6. The van der Waals surface area contributed by atoms with E-state index in [4.69, 9.17) is 13.8 Å². The molecule has 0 radical (unpaired) electrons. The van der Waals surface area contributed by atoms with Gasteiger partial charge in [0, 0.05) is 6.61 Å².